The highest BCUT2D eigenvalue weighted by molar-refractivity contribution is 9.10. The van der Waals surface area contributed by atoms with Crippen molar-refractivity contribution >= 4 is 15.9 Å². The zero-order valence-electron chi connectivity index (χ0n) is 10.0. The maximum Gasteiger partial charge on any atom is 0.163 e. The normalized spacial score (nSPS) is 16.4. The predicted molar refractivity (Wildman–Crippen MR) is 73.3 cm³/mol. The third-order valence-electron chi connectivity index (χ3n) is 3.13. The van der Waals surface area contributed by atoms with Crippen molar-refractivity contribution in [1.82, 2.24) is 9.97 Å². The van der Waals surface area contributed by atoms with Crippen LogP contribution in [-0.4, -0.2) is 23.2 Å². The number of hydrogen-bond acceptors (Lipinski definition) is 4. The number of nitrogens with zero attached hydrogens (tertiary/aromatic N) is 3. The molecule has 2 heterocycles. The van der Waals surface area contributed by atoms with Crippen molar-refractivity contribution in [3.8, 4) is 17.3 Å². The molecule has 0 bridgehead atoms. The molecular weight excluding hydrogens is 306 g/mol. The van der Waals surface area contributed by atoms with E-state index in [1.807, 2.05) is 30.3 Å². The minimum absolute atomic E-state index is 0.368. The summed E-state index contributed by atoms with van der Waals surface area (Å²) in [5, 5.41) is 9.27. The first-order valence-electron chi connectivity index (χ1n) is 5.82. The molecule has 1 aromatic heterocycles. The highest BCUT2D eigenvalue weighted by Gasteiger charge is 2.43. The first-order chi connectivity index (χ1) is 9.23. The Kier molecular flexibility index (Phi) is 3.05. The zero-order valence-corrected chi connectivity index (χ0v) is 11.6. The molecule has 0 radical (unpaired) electrons. The number of halogens is 1. The third-order valence-corrected chi connectivity index (χ3v) is 3.66. The molecule has 94 valence electrons. The predicted octanol–water partition coefficient (Wildman–Crippen LogP) is 2.70. The van der Waals surface area contributed by atoms with Crippen LogP contribution in [0.25, 0.3) is 11.3 Å². The lowest BCUT2D eigenvalue weighted by atomic mass is 9.87. The number of hydrogen-bond donors (Lipinski definition) is 0. The molecule has 1 aliphatic heterocycles. The average Bonchev–Trinajstić information content (AvgIpc) is 2.39. The van der Waals surface area contributed by atoms with E-state index in [0.717, 1.165) is 15.7 Å². The van der Waals surface area contributed by atoms with E-state index in [9.17, 15) is 5.26 Å². The van der Waals surface area contributed by atoms with Crippen LogP contribution in [0.5, 0.6) is 0 Å². The Labute approximate surface area is 119 Å². The fourth-order valence-corrected chi connectivity index (χ4v) is 2.18. The molecule has 0 atom stereocenters. The van der Waals surface area contributed by atoms with E-state index in [1.165, 1.54) is 0 Å². The van der Waals surface area contributed by atoms with Gasteiger partial charge in [0.05, 0.1) is 25.0 Å². The monoisotopic (exact) mass is 315 g/mol. The summed E-state index contributed by atoms with van der Waals surface area (Å²) < 4.78 is 6.16. The maximum atomic E-state index is 9.27. The molecule has 0 amide bonds. The van der Waals surface area contributed by atoms with E-state index >= 15 is 0 Å². The summed E-state index contributed by atoms with van der Waals surface area (Å²) in [7, 11) is 0. The topological polar surface area (TPSA) is 58.8 Å². The molecule has 3 rings (SSSR count). The van der Waals surface area contributed by atoms with Crippen LogP contribution < -0.4 is 0 Å². The van der Waals surface area contributed by atoms with Crippen LogP contribution in [0, 0.1) is 11.3 Å². The summed E-state index contributed by atoms with van der Waals surface area (Å²) in [6, 6.07) is 12.0. The molecule has 0 aliphatic carbocycles. The van der Waals surface area contributed by atoms with Crippen molar-refractivity contribution in [3.63, 3.8) is 0 Å². The Morgan fingerprint density at radius 2 is 1.95 bits per heavy atom. The van der Waals surface area contributed by atoms with Crippen LogP contribution in [0.1, 0.15) is 5.82 Å². The molecule has 1 aromatic carbocycles. The van der Waals surface area contributed by atoms with Gasteiger partial charge in [-0.3, -0.25) is 0 Å². The van der Waals surface area contributed by atoms with Crippen LogP contribution in [0.3, 0.4) is 0 Å². The second kappa shape index (κ2) is 4.72. The van der Waals surface area contributed by atoms with Gasteiger partial charge in [0.1, 0.15) is 0 Å². The lowest BCUT2D eigenvalue weighted by molar-refractivity contribution is -0.0338. The van der Waals surface area contributed by atoms with E-state index in [1.54, 1.807) is 6.20 Å². The van der Waals surface area contributed by atoms with Crippen molar-refractivity contribution in [2.75, 3.05) is 13.2 Å². The zero-order chi connectivity index (χ0) is 13.3. The lowest BCUT2D eigenvalue weighted by Crippen LogP contribution is -2.46. The minimum Gasteiger partial charge on any atom is -0.377 e. The van der Waals surface area contributed by atoms with Crippen LogP contribution in [-0.2, 0) is 10.2 Å². The third kappa shape index (κ3) is 2.14. The van der Waals surface area contributed by atoms with Gasteiger partial charge in [0.25, 0.3) is 0 Å². The minimum atomic E-state index is -0.675. The average molecular weight is 316 g/mol. The van der Waals surface area contributed by atoms with Crippen LogP contribution in [0.4, 0.5) is 0 Å². The van der Waals surface area contributed by atoms with E-state index in [4.69, 9.17) is 4.74 Å². The first-order valence-corrected chi connectivity index (χ1v) is 6.61. The quantitative estimate of drug-likeness (QED) is 0.855. The molecular formula is C14H10BrN3O. The largest absolute Gasteiger partial charge is 0.377 e. The molecule has 1 aliphatic rings. The van der Waals surface area contributed by atoms with Gasteiger partial charge in [0.15, 0.2) is 11.2 Å². The molecule has 2 aromatic rings. The second-order valence-corrected chi connectivity index (χ2v) is 5.37. The standard InChI is InChI=1S/C14H10BrN3O/c15-11-3-1-10(2-4-11)12-5-6-17-13(18-12)14(7-16)8-19-9-14/h1-6H,8-9H2. The number of ether oxygens (including phenoxy) is 1. The Morgan fingerprint density at radius 1 is 1.21 bits per heavy atom. The molecule has 4 nitrogen and oxygen atoms in total. The van der Waals surface area contributed by atoms with Gasteiger partial charge >= 0.3 is 0 Å². The number of benzene rings is 1. The van der Waals surface area contributed by atoms with Crippen LogP contribution >= 0.6 is 15.9 Å². The van der Waals surface area contributed by atoms with Gasteiger partial charge in [0, 0.05) is 16.2 Å². The SMILES string of the molecule is N#CC1(c2nccc(-c3ccc(Br)cc3)n2)COC1. The number of rotatable bonds is 2. The highest BCUT2D eigenvalue weighted by Crippen LogP contribution is 2.30. The molecule has 19 heavy (non-hydrogen) atoms. The van der Waals surface area contributed by atoms with Gasteiger partial charge in [0.2, 0.25) is 0 Å². The molecule has 1 fully saturated rings. The van der Waals surface area contributed by atoms with Crippen LogP contribution in [0.15, 0.2) is 41.0 Å². The number of nitriles is 1. The molecule has 1 saturated heterocycles. The Hall–Kier alpha value is -1.77. The summed E-state index contributed by atoms with van der Waals surface area (Å²) >= 11 is 3.40. The molecule has 0 spiro atoms. The molecule has 0 N–H and O–H groups in total. The van der Waals surface area contributed by atoms with Crippen molar-refractivity contribution in [2.24, 2.45) is 0 Å². The van der Waals surface area contributed by atoms with Crippen LogP contribution in [0.2, 0.25) is 0 Å². The summed E-state index contributed by atoms with van der Waals surface area (Å²) in [4.78, 5) is 8.73. The van der Waals surface area contributed by atoms with E-state index in [0.29, 0.717) is 19.0 Å². The Morgan fingerprint density at radius 3 is 2.53 bits per heavy atom. The fraction of sp³-hybridized carbons (Fsp3) is 0.214. The summed E-state index contributed by atoms with van der Waals surface area (Å²) in [5.41, 5.74) is 1.14. The van der Waals surface area contributed by atoms with Gasteiger partial charge in [-0.25, -0.2) is 9.97 Å². The maximum absolute atomic E-state index is 9.27. The van der Waals surface area contributed by atoms with E-state index in [2.05, 4.69) is 32.0 Å². The molecule has 0 unspecified atom stereocenters. The van der Waals surface area contributed by atoms with Crippen molar-refractivity contribution in [3.05, 3.63) is 46.8 Å². The lowest BCUT2D eigenvalue weighted by Gasteiger charge is -2.33. The summed E-state index contributed by atoms with van der Waals surface area (Å²) in [6.07, 6.45) is 1.69. The summed E-state index contributed by atoms with van der Waals surface area (Å²) in [6.45, 7) is 0.737. The first kappa shape index (κ1) is 12.3. The highest BCUT2D eigenvalue weighted by atomic mass is 79.9. The Bertz CT molecular complexity index is 644. The van der Waals surface area contributed by atoms with Crippen molar-refractivity contribution in [2.45, 2.75) is 5.41 Å². The number of aromatic nitrogens is 2. The van der Waals surface area contributed by atoms with Crippen molar-refractivity contribution < 1.29 is 4.74 Å². The Balaban J connectivity index is 2.01. The smallest absolute Gasteiger partial charge is 0.163 e. The molecule has 0 saturated carbocycles. The van der Waals surface area contributed by atoms with Gasteiger partial charge in [-0.1, -0.05) is 28.1 Å². The van der Waals surface area contributed by atoms with Gasteiger partial charge < -0.3 is 4.74 Å². The summed E-state index contributed by atoms with van der Waals surface area (Å²) in [5.74, 6) is 0.543. The van der Waals surface area contributed by atoms with Gasteiger partial charge in [-0.15, -0.1) is 0 Å². The van der Waals surface area contributed by atoms with Gasteiger partial charge in [-0.2, -0.15) is 5.26 Å². The molecule has 5 heteroatoms. The van der Waals surface area contributed by atoms with Gasteiger partial charge in [-0.05, 0) is 18.2 Å². The van der Waals surface area contributed by atoms with E-state index in [-0.39, 0.29) is 0 Å². The fourth-order valence-electron chi connectivity index (χ4n) is 1.92. The second-order valence-electron chi connectivity index (χ2n) is 4.46. The van der Waals surface area contributed by atoms with E-state index < -0.39 is 5.41 Å². The van der Waals surface area contributed by atoms with Crippen molar-refractivity contribution in [1.29, 1.82) is 5.26 Å².